The number of fused-ring (bicyclic) bond motifs is 1. The molecule has 1 aliphatic heterocycles. The van der Waals surface area contributed by atoms with Crippen LogP contribution in [0.3, 0.4) is 0 Å². The molecule has 1 unspecified atom stereocenters. The van der Waals surface area contributed by atoms with Gasteiger partial charge in [0.1, 0.15) is 6.61 Å². The largest absolute Gasteiger partial charge is 0.485 e. The van der Waals surface area contributed by atoms with E-state index in [0.717, 1.165) is 0 Å². The molecule has 3 rings (SSSR count). The molecule has 1 atom stereocenters. The zero-order chi connectivity index (χ0) is 13.1. The number of hydrogen-bond donors (Lipinski definition) is 0. The van der Waals surface area contributed by atoms with Crippen LogP contribution in [-0.2, 0) is 0 Å². The first-order valence-corrected chi connectivity index (χ1v) is 6.57. The van der Waals surface area contributed by atoms with Crippen LogP contribution in [0.2, 0.25) is 0 Å². The Balaban J connectivity index is 1.74. The molecule has 0 fully saturated rings. The van der Waals surface area contributed by atoms with E-state index < -0.39 is 6.10 Å². The maximum atomic E-state index is 8.49. The van der Waals surface area contributed by atoms with E-state index in [-0.39, 0.29) is 5.75 Å². The van der Waals surface area contributed by atoms with Gasteiger partial charge in [0, 0.05) is 0 Å². The number of nitrogens with zero attached hydrogens (tertiary/aromatic N) is 3. The number of ether oxygens (including phenoxy) is 2. The summed E-state index contributed by atoms with van der Waals surface area (Å²) in [6, 6.07) is 9.41. The fourth-order valence-electron chi connectivity index (χ4n) is 1.64. The molecule has 0 aliphatic carbocycles. The normalized spacial score (nSPS) is 16.9. The van der Waals surface area contributed by atoms with E-state index in [9.17, 15) is 0 Å². The Morgan fingerprint density at radius 2 is 2.16 bits per heavy atom. The standard InChI is InChI=1S/C12H9N3O3S/c13-5-6-19-12-15-14-11(18-12)10-7-16-8-3-1-2-4-9(8)17-10/h1-4,10H,6-7H2. The lowest BCUT2D eigenvalue weighted by atomic mass is 10.2. The molecule has 0 saturated carbocycles. The van der Waals surface area contributed by atoms with Crippen LogP contribution in [0.5, 0.6) is 11.5 Å². The van der Waals surface area contributed by atoms with E-state index in [1.165, 1.54) is 11.8 Å². The van der Waals surface area contributed by atoms with Crippen molar-refractivity contribution in [1.29, 1.82) is 5.26 Å². The maximum Gasteiger partial charge on any atom is 0.277 e. The quantitative estimate of drug-likeness (QED) is 0.794. The molecular formula is C12H9N3O3S. The second kappa shape index (κ2) is 5.20. The second-order valence-corrected chi connectivity index (χ2v) is 4.64. The molecule has 96 valence electrons. The van der Waals surface area contributed by atoms with Crippen LogP contribution in [0.15, 0.2) is 33.9 Å². The molecule has 7 heteroatoms. The Kier molecular flexibility index (Phi) is 3.25. The minimum atomic E-state index is -0.418. The Bertz CT molecular complexity index is 623. The van der Waals surface area contributed by atoms with E-state index in [0.29, 0.717) is 29.2 Å². The van der Waals surface area contributed by atoms with Crippen LogP contribution in [0.1, 0.15) is 12.0 Å². The van der Waals surface area contributed by atoms with Crippen LogP contribution in [0.4, 0.5) is 0 Å². The fourth-order valence-corrected chi connectivity index (χ4v) is 2.07. The topological polar surface area (TPSA) is 81.2 Å². The van der Waals surface area contributed by atoms with Crippen molar-refractivity contribution in [3.8, 4) is 17.6 Å². The SMILES string of the molecule is N#CCSc1nnc(C2COc3ccccc3O2)o1. The number of rotatable bonds is 3. The first-order chi connectivity index (χ1) is 9.36. The van der Waals surface area contributed by atoms with Crippen molar-refractivity contribution in [3.05, 3.63) is 30.2 Å². The number of nitriles is 1. The number of benzene rings is 1. The molecule has 2 heterocycles. The highest BCUT2D eigenvalue weighted by atomic mass is 32.2. The molecule has 1 aromatic carbocycles. The summed E-state index contributed by atoms with van der Waals surface area (Å²) in [6.45, 7) is 0.321. The number of thioether (sulfide) groups is 1. The molecule has 0 spiro atoms. The van der Waals surface area contributed by atoms with Crippen LogP contribution < -0.4 is 9.47 Å². The van der Waals surface area contributed by atoms with Gasteiger partial charge in [0.05, 0.1) is 11.8 Å². The molecule has 2 aromatic rings. The summed E-state index contributed by atoms with van der Waals surface area (Å²) in [7, 11) is 0. The molecule has 0 radical (unpaired) electrons. The average Bonchev–Trinajstić information content (AvgIpc) is 2.93. The van der Waals surface area contributed by atoms with Gasteiger partial charge in [0.25, 0.3) is 11.1 Å². The minimum Gasteiger partial charge on any atom is -0.485 e. The molecular weight excluding hydrogens is 266 g/mol. The summed E-state index contributed by atoms with van der Waals surface area (Å²) >= 11 is 1.19. The smallest absolute Gasteiger partial charge is 0.277 e. The van der Waals surface area contributed by atoms with E-state index in [2.05, 4.69) is 10.2 Å². The van der Waals surface area contributed by atoms with Gasteiger partial charge in [-0.25, -0.2) is 0 Å². The monoisotopic (exact) mass is 275 g/mol. The Labute approximate surface area is 113 Å². The van der Waals surface area contributed by atoms with E-state index in [4.69, 9.17) is 19.2 Å². The van der Waals surface area contributed by atoms with Crippen molar-refractivity contribution in [2.45, 2.75) is 11.3 Å². The highest BCUT2D eigenvalue weighted by molar-refractivity contribution is 7.99. The first-order valence-electron chi connectivity index (χ1n) is 5.58. The number of hydrogen-bond acceptors (Lipinski definition) is 7. The van der Waals surface area contributed by atoms with Gasteiger partial charge in [-0.1, -0.05) is 23.9 Å². The zero-order valence-corrected chi connectivity index (χ0v) is 10.6. The third kappa shape index (κ3) is 2.48. The lowest BCUT2D eigenvalue weighted by Gasteiger charge is -2.23. The van der Waals surface area contributed by atoms with Crippen LogP contribution in [-0.4, -0.2) is 22.6 Å². The summed E-state index contributed by atoms with van der Waals surface area (Å²) in [5, 5.41) is 16.6. The lowest BCUT2D eigenvalue weighted by molar-refractivity contribution is 0.0686. The predicted octanol–water partition coefficient (Wildman–Crippen LogP) is 2.20. The summed E-state index contributed by atoms with van der Waals surface area (Å²) in [5.41, 5.74) is 0. The third-order valence-corrected chi connectivity index (χ3v) is 3.15. The number of aromatic nitrogens is 2. The molecule has 19 heavy (non-hydrogen) atoms. The highest BCUT2D eigenvalue weighted by Crippen LogP contribution is 2.35. The van der Waals surface area contributed by atoms with Gasteiger partial charge in [0.2, 0.25) is 6.10 Å². The van der Waals surface area contributed by atoms with Crippen molar-refractivity contribution >= 4 is 11.8 Å². The molecule has 0 bridgehead atoms. The maximum absolute atomic E-state index is 8.49. The van der Waals surface area contributed by atoms with Gasteiger partial charge in [0.15, 0.2) is 11.5 Å². The second-order valence-electron chi connectivity index (χ2n) is 3.72. The summed E-state index contributed by atoms with van der Waals surface area (Å²) < 4.78 is 16.7. The van der Waals surface area contributed by atoms with Gasteiger partial charge in [-0.15, -0.1) is 10.2 Å². The highest BCUT2D eigenvalue weighted by Gasteiger charge is 2.27. The predicted molar refractivity (Wildman–Crippen MR) is 65.9 cm³/mol. The fraction of sp³-hybridized carbons (Fsp3) is 0.250. The molecule has 0 amide bonds. The van der Waals surface area contributed by atoms with Crippen molar-refractivity contribution in [2.75, 3.05) is 12.4 Å². The van der Waals surface area contributed by atoms with Gasteiger partial charge in [-0.05, 0) is 12.1 Å². The summed E-state index contributed by atoms with van der Waals surface area (Å²) in [5.74, 6) is 1.99. The summed E-state index contributed by atoms with van der Waals surface area (Å²) in [6.07, 6.45) is -0.418. The van der Waals surface area contributed by atoms with Gasteiger partial charge < -0.3 is 13.9 Å². The molecule has 1 aromatic heterocycles. The Morgan fingerprint density at radius 3 is 3.00 bits per heavy atom. The Morgan fingerprint density at radius 1 is 1.32 bits per heavy atom. The first kappa shape index (κ1) is 11.9. The van der Waals surface area contributed by atoms with Gasteiger partial charge in [-0.2, -0.15) is 5.26 Å². The molecule has 1 aliphatic rings. The van der Waals surface area contributed by atoms with Gasteiger partial charge in [-0.3, -0.25) is 0 Å². The van der Waals surface area contributed by atoms with Crippen molar-refractivity contribution < 1.29 is 13.9 Å². The molecule has 6 nitrogen and oxygen atoms in total. The van der Waals surface area contributed by atoms with E-state index in [1.54, 1.807) is 0 Å². The van der Waals surface area contributed by atoms with Gasteiger partial charge >= 0.3 is 0 Å². The van der Waals surface area contributed by atoms with Crippen molar-refractivity contribution in [3.63, 3.8) is 0 Å². The average molecular weight is 275 g/mol. The van der Waals surface area contributed by atoms with Crippen molar-refractivity contribution in [2.24, 2.45) is 0 Å². The van der Waals surface area contributed by atoms with Crippen LogP contribution in [0.25, 0.3) is 0 Å². The number of para-hydroxylation sites is 2. The van der Waals surface area contributed by atoms with Crippen LogP contribution in [0, 0.1) is 11.3 Å². The van der Waals surface area contributed by atoms with Crippen LogP contribution >= 0.6 is 11.8 Å². The van der Waals surface area contributed by atoms with E-state index >= 15 is 0 Å². The molecule has 0 N–H and O–H groups in total. The van der Waals surface area contributed by atoms with E-state index in [1.807, 2.05) is 30.3 Å². The molecule has 0 saturated heterocycles. The summed E-state index contributed by atoms with van der Waals surface area (Å²) in [4.78, 5) is 0. The zero-order valence-electron chi connectivity index (χ0n) is 9.78. The third-order valence-electron chi connectivity index (χ3n) is 2.47. The minimum absolute atomic E-state index is 0.270. The lowest BCUT2D eigenvalue weighted by Crippen LogP contribution is -2.21. The van der Waals surface area contributed by atoms with Crippen molar-refractivity contribution in [1.82, 2.24) is 10.2 Å². The Hall–Kier alpha value is -2.20.